The van der Waals surface area contributed by atoms with E-state index in [1.165, 1.54) is 37.9 Å². The van der Waals surface area contributed by atoms with E-state index in [2.05, 4.69) is 47.5 Å². The minimum atomic E-state index is 0.674. The van der Waals surface area contributed by atoms with Crippen LogP contribution in [0.5, 0.6) is 0 Å². The van der Waals surface area contributed by atoms with Crippen LogP contribution in [0.15, 0.2) is 30.3 Å². The molecule has 1 aliphatic heterocycles. The third-order valence-electron chi connectivity index (χ3n) is 4.14. The van der Waals surface area contributed by atoms with Gasteiger partial charge in [-0.3, -0.25) is 4.90 Å². The van der Waals surface area contributed by atoms with Crippen molar-refractivity contribution in [3.8, 4) is 0 Å². The summed E-state index contributed by atoms with van der Waals surface area (Å²) < 4.78 is 0. The summed E-state index contributed by atoms with van der Waals surface area (Å²) in [6, 6.07) is 11.6. The Balaban J connectivity index is 1.77. The highest BCUT2D eigenvalue weighted by Gasteiger charge is 2.22. The molecule has 1 N–H and O–H groups in total. The molecule has 0 aromatic heterocycles. The minimum Gasteiger partial charge on any atom is -0.318 e. The zero-order chi connectivity index (χ0) is 12.8. The SMILES string of the molecule is CNCC(C)N1CCC(Cc2ccccc2)CC1. The molecule has 0 spiro atoms. The predicted molar refractivity (Wildman–Crippen MR) is 77.8 cm³/mol. The van der Waals surface area contributed by atoms with Crippen LogP contribution in [0.2, 0.25) is 0 Å². The van der Waals surface area contributed by atoms with Crippen molar-refractivity contribution in [2.45, 2.75) is 32.2 Å². The fourth-order valence-corrected chi connectivity index (χ4v) is 2.97. The molecule has 0 aliphatic carbocycles. The van der Waals surface area contributed by atoms with E-state index in [0.29, 0.717) is 6.04 Å². The molecule has 1 fully saturated rings. The largest absolute Gasteiger partial charge is 0.318 e. The van der Waals surface area contributed by atoms with Gasteiger partial charge in [0.05, 0.1) is 0 Å². The molecule has 2 nitrogen and oxygen atoms in total. The van der Waals surface area contributed by atoms with Crippen LogP contribution in [0.25, 0.3) is 0 Å². The third-order valence-corrected chi connectivity index (χ3v) is 4.14. The van der Waals surface area contributed by atoms with Crippen molar-refractivity contribution in [3.05, 3.63) is 35.9 Å². The summed E-state index contributed by atoms with van der Waals surface area (Å²) in [5.41, 5.74) is 1.50. The Hall–Kier alpha value is -0.860. The maximum atomic E-state index is 3.27. The van der Waals surface area contributed by atoms with Gasteiger partial charge in [-0.25, -0.2) is 0 Å². The molecule has 2 heteroatoms. The van der Waals surface area contributed by atoms with Gasteiger partial charge in [0.25, 0.3) is 0 Å². The first-order chi connectivity index (χ1) is 8.79. The van der Waals surface area contributed by atoms with E-state index in [1.807, 2.05) is 7.05 Å². The molecule has 18 heavy (non-hydrogen) atoms. The van der Waals surface area contributed by atoms with Crippen molar-refractivity contribution in [1.29, 1.82) is 0 Å². The maximum absolute atomic E-state index is 3.27. The van der Waals surface area contributed by atoms with Gasteiger partial charge in [0.2, 0.25) is 0 Å². The molecule has 0 radical (unpaired) electrons. The van der Waals surface area contributed by atoms with Crippen LogP contribution in [0.1, 0.15) is 25.3 Å². The number of hydrogen-bond acceptors (Lipinski definition) is 2. The monoisotopic (exact) mass is 246 g/mol. The molecular formula is C16H26N2. The number of likely N-dealkylation sites (N-methyl/N-ethyl adjacent to an activating group) is 1. The zero-order valence-electron chi connectivity index (χ0n) is 11.7. The summed E-state index contributed by atoms with van der Waals surface area (Å²) in [5, 5.41) is 3.27. The van der Waals surface area contributed by atoms with Crippen LogP contribution in [-0.4, -0.2) is 37.6 Å². The molecule has 0 amide bonds. The molecular weight excluding hydrogens is 220 g/mol. The lowest BCUT2D eigenvalue weighted by molar-refractivity contribution is 0.140. The molecule has 1 atom stereocenters. The van der Waals surface area contributed by atoms with Crippen LogP contribution in [0, 0.1) is 5.92 Å². The van der Waals surface area contributed by atoms with Crippen molar-refractivity contribution < 1.29 is 0 Å². The van der Waals surface area contributed by atoms with Crippen LogP contribution in [0.4, 0.5) is 0 Å². The second kappa shape index (κ2) is 6.91. The van der Waals surface area contributed by atoms with Crippen molar-refractivity contribution in [2.24, 2.45) is 5.92 Å². The lowest BCUT2D eigenvalue weighted by Gasteiger charge is -2.36. The summed E-state index contributed by atoms with van der Waals surface area (Å²) in [6.45, 7) is 5.96. The van der Waals surface area contributed by atoms with Gasteiger partial charge < -0.3 is 5.32 Å². The highest BCUT2D eigenvalue weighted by Crippen LogP contribution is 2.22. The van der Waals surface area contributed by atoms with E-state index >= 15 is 0 Å². The molecule has 1 heterocycles. The quantitative estimate of drug-likeness (QED) is 0.859. The normalized spacial score (nSPS) is 19.9. The van der Waals surface area contributed by atoms with E-state index in [0.717, 1.165) is 12.5 Å². The topological polar surface area (TPSA) is 15.3 Å². The second-order valence-corrected chi connectivity index (χ2v) is 5.58. The van der Waals surface area contributed by atoms with Gasteiger partial charge in [0, 0.05) is 12.6 Å². The highest BCUT2D eigenvalue weighted by molar-refractivity contribution is 5.15. The molecule has 0 bridgehead atoms. The van der Waals surface area contributed by atoms with Gasteiger partial charge in [-0.05, 0) is 57.8 Å². The average molecular weight is 246 g/mol. The third kappa shape index (κ3) is 3.82. The number of piperidine rings is 1. The molecule has 1 aliphatic rings. The maximum Gasteiger partial charge on any atom is 0.0192 e. The molecule has 1 unspecified atom stereocenters. The second-order valence-electron chi connectivity index (χ2n) is 5.58. The van der Waals surface area contributed by atoms with Gasteiger partial charge in [-0.1, -0.05) is 30.3 Å². The summed E-state index contributed by atoms with van der Waals surface area (Å²) in [5.74, 6) is 0.880. The summed E-state index contributed by atoms with van der Waals surface area (Å²) >= 11 is 0. The summed E-state index contributed by atoms with van der Waals surface area (Å²) in [6.07, 6.45) is 3.96. The molecule has 2 rings (SSSR count). The molecule has 100 valence electrons. The van der Waals surface area contributed by atoms with Crippen molar-refractivity contribution in [3.63, 3.8) is 0 Å². The number of benzene rings is 1. The van der Waals surface area contributed by atoms with E-state index in [1.54, 1.807) is 0 Å². The number of nitrogens with zero attached hydrogens (tertiary/aromatic N) is 1. The molecule has 0 saturated carbocycles. The number of rotatable bonds is 5. The zero-order valence-corrected chi connectivity index (χ0v) is 11.7. The molecule has 1 saturated heterocycles. The van der Waals surface area contributed by atoms with Gasteiger partial charge in [-0.2, -0.15) is 0 Å². The highest BCUT2D eigenvalue weighted by atomic mass is 15.2. The van der Waals surface area contributed by atoms with E-state index in [4.69, 9.17) is 0 Å². The van der Waals surface area contributed by atoms with Crippen LogP contribution in [-0.2, 0) is 6.42 Å². The number of likely N-dealkylation sites (tertiary alicyclic amines) is 1. The standard InChI is InChI=1S/C16H26N2/c1-14(13-17-2)18-10-8-16(9-11-18)12-15-6-4-3-5-7-15/h3-7,14,16-17H,8-13H2,1-2H3. The predicted octanol–water partition coefficient (Wildman–Crippen LogP) is 2.55. The first-order valence-electron chi connectivity index (χ1n) is 7.22. The Morgan fingerprint density at radius 2 is 1.89 bits per heavy atom. The first-order valence-corrected chi connectivity index (χ1v) is 7.22. The Bertz CT molecular complexity index is 328. The fraction of sp³-hybridized carbons (Fsp3) is 0.625. The van der Waals surface area contributed by atoms with E-state index in [9.17, 15) is 0 Å². The first kappa shape index (κ1) is 13.6. The number of hydrogen-bond donors (Lipinski definition) is 1. The summed E-state index contributed by atoms with van der Waals surface area (Å²) in [4.78, 5) is 2.62. The fourth-order valence-electron chi connectivity index (χ4n) is 2.97. The summed E-state index contributed by atoms with van der Waals surface area (Å²) in [7, 11) is 2.04. The van der Waals surface area contributed by atoms with Gasteiger partial charge >= 0.3 is 0 Å². The van der Waals surface area contributed by atoms with Crippen LogP contribution >= 0.6 is 0 Å². The van der Waals surface area contributed by atoms with Crippen molar-refractivity contribution in [1.82, 2.24) is 10.2 Å². The van der Waals surface area contributed by atoms with Crippen molar-refractivity contribution in [2.75, 3.05) is 26.7 Å². The Labute approximate surface area is 111 Å². The number of nitrogens with one attached hydrogen (secondary N) is 1. The van der Waals surface area contributed by atoms with E-state index < -0.39 is 0 Å². The lowest BCUT2D eigenvalue weighted by Crippen LogP contribution is -2.44. The van der Waals surface area contributed by atoms with Gasteiger partial charge in [0.1, 0.15) is 0 Å². The van der Waals surface area contributed by atoms with Crippen molar-refractivity contribution >= 4 is 0 Å². The van der Waals surface area contributed by atoms with Gasteiger partial charge in [-0.15, -0.1) is 0 Å². The van der Waals surface area contributed by atoms with Crippen LogP contribution < -0.4 is 5.32 Å². The molecule has 1 aromatic rings. The Morgan fingerprint density at radius 3 is 2.50 bits per heavy atom. The van der Waals surface area contributed by atoms with Crippen LogP contribution in [0.3, 0.4) is 0 Å². The smallest absolute Gasteiger partial charge is 0.0192 e. The Morgan fingerprint density at radius 1 is 1.22 bits per heavy atom. The van der Waals surface area contributed by atoms with E-state index in [-0.39, 0.29) is 0 Å². The van der Waals surface area contributed by atoms with Gasteiger partial charge in [0.15, 0.2) is 0 Å². The molecule has 1 aromatic carbocycles. The Kier molecular flexibility index (Phi) is 5.21. The lowest BCUT2D eigenvalue weighted by atomic mass is 9.89. The average Bonchev–Trinajstić information content (AvgIpc) is 2.41. The minimum absolute atomic E-state index is 0.674.